The van der Waals surface area contributed by atoms with E-state index in [1.54, 1.807) is 18.5 Å². The van der Waals surface area contributed by atoms with Crippen molar-refractivity contribution in [3.05, 3.63) is 65.7 Å². The summed E-state index contributed by atoms with van der Waals surface area (Å²) in [7, 11) is 1.77. The minimum atomic E-state index is -0.468. The van der Waals surface area contributed by atoms with Crippen LogP contribution in [0.3, 0.4) is 0 Å². The Balaban J connectivity index is 1.71. The zero-order valence-corrected chi connectivity index (χ0v) is 17.2. The van der Waals surface area contributed by atoms with Gasteiger partial charge in [-0.05, 0) is 38.1 Å². The van der Waals surface area contributed by atoms with Crippen LogP contribution in [-0.2, 0) is 16.6 Å². The molecule has 1 aromatic heterocycles. The lowest BCUT2D eigenvalue weighted by molar-refractivity contribution is -0.142. The number of nitrogens with zero attached hydrogens (tertiary/aromatic N) is 3. The van der Waals surface area contributed by atoms with E-state index in [0.29, 0.717) is 11.3 Å². The monoisotopic (exact) mass is 407 g/mol. The number of aliphatic hydroxyl groups is 1. The lowest BCUT2D eigenvalue weighted by Crippen LogP contribution is -2.18. The second kappa shape index (κ2) is 8.84. The highest BCUT2D eigenvalue weighted by atomic mass is 32.2. The van der Waals surface area contributed by atoms with Crippen molar-refractivity contribution in [1.29, 1.82) is 5.26 Å². The summed E-state index contributed by atoms with van der Waals surface area (Å²) in [5, 5.41) is 19.5. The molecule has 0 aliphatic rings. The Hall–Kier alpha value is -3.24. The molecule has 0 bridgehead atoms. The molecule has 1 atom stereocenters. The van der Waals surface area contributed by atoms with Crippen LogP contribution in [0.5, 0.6) is 0 Å². The number of ether oxygens (including phenoxy) is 1. The van der Waals surface area contributed by atoms with Crippen molar-refractivity contribution in [1.82, 2.24) is 9.55 Å². The summed E-state index contributed by atoms with van der Waals surface area (Å²) in [6.07, 6.45) is 0. The van der Waals surface area contributed by atoms with E-state index >= 15 is 0 Å². The molecular formula is C22H21N3O3S. The number of aryl methyl sites for hydroxylation is 2. The number of para-hydroxylation sites is 2. The largest absolute Gasteiger partial charge is 0.507 e. The number of esters is 1. The molecule has 3 aromatic rings. The Kier molecular flexibility index (Phi) is 6.25. The highest BCUT2D eigenvalue weighted by molar-refractivity contribution is 8.00. The van der Waals surface area contributed by atoms with Crippen LogP contribution in [0, 0.1) is 18.3 Å². The Bertz CT molecular complexity index is 1110. The Morgan fingerprint density at radius 3 is 2.62 bits per heavy atom. The fourth-order valence-corrected chi connectivity index (χ4v) is 3.68. The summed E-state index contributed by atoms with van der Waals surface area (Å²) >= 11 is 1.37. The number of nitriles is 1. The van der Waals surface area contributed by atoms with Gasteiger partial charge in [-0.15, -0.1) is 11.8 Å². The molecule has 29 heavy (non-hydrogen) atoms. The Labute approximate surface area is 173 Å². The van der Waals surface area contributed by atoms with Crippen molar-refractivity contribution in [2.24, 2.45) is 7.05 Å². The number of aromatic nitrogens is 2. The second-order valence-electron chi connectivity index (χ2n) is 6.60. The molecule has 0 saturated heterocycles. The summed E-state index contributed by atoms with van der Waals surface area (Å²) < 4.78 is 6.95. The number of carbonyl (C=O) groups is 1. The predicted molar refractivity (Wildman–Crippen MR) is 113 cm³/mol. The summed E-state index contributed by atoms with van der Waals surface area (Å²) in [5.41, 5.74) is 2.68. The van der Waals surface area contributed by atoms with Crippen LogP contribution in [0.15, 0.2) is 59.2 Å². The number of hydrogen-bond donors (Lipinski definition) is 1. The first-order valence-corrected chi connectivity index (χ1v) is 9.92. The topological polar surface area (TPSA) is 88.1 Å². The van der Waals surface area contributed by atoms with E-state index in [1.165, 1.54) is 11.8 Å². The molecule has 3 rings (SSSR count). The number of benzene rings is 2. The molecule has 0 aliphatic carbocycles. The summed E-state index contributed by atoms with van der Waals surface area (Å²) in [6.45, 7) is 3.35. The molecular weight excluding hydrogens is 386 g/mol. The van der Waals surface area contributed by atoms with E-state index in [-0.39, 0.29) is 17.9 Å². The van der Waals surface area contributed by atoms with Gasteiger partial charge in [-0.2, -0.15) is 5.26 Å². The van der Waals surface area contributed by atoms with Crippen LogP contribution in [0.4, 0.5) is 0 Å². The lowest BCUT2D eigenvalue weighted by Gasteiger charge is -2.12. The van der Waals surface area contributed by atoms with E-state index < -0.39 is 11.2 Å². The Morgan fingerprint density at radius 1 is 1.28 bits per heavy atom. The first kappa shape index (κ1) is 20.5. The van der Waals surface area contributed by atoms with Gasteiger partial charge in [-0.1, -0.05) is 29.8 Å². The van der Waals surface area contributed by atoms with Gasteiger partial charge in [-0.25, -0.2) is 4.98 Å². The van der Waals surface area contributed by atoms with Crippen molar-refractivity contribution in [2.45, 2.75) is 24.0 Å². The van der Waals surface area contributed by atoms with Gasteiger partial charge in [0.25, 0.3) is 0 Å². The second-order valence-corrected chi connectivity index (χ2v) is 8.01. The molecule has 0 saturated carbocycles. The van der Waals surface area contributed by atoms with Gasteiger partial charge in [-0.3, -0.25) is 4.79 Å². The first-order chi connectivity index (χ1) is 13.9. The molecule has 148 valence electrons. The molecule has 6 nitrogen and oxygen atoms in total. The number of rotatable bonds is 6. The first-order valence-electron chi connectivity index (χ1n) is 9.04. The molecule has 0 radical (unpaired) electrons. The molecule has 1 heterocycles. The van der Waals surface area contributed by atoms with E-state index in [2.05, 4.69) is 4.98 Å². The molecule has 1 N–H and O–H groups in total. The average Bonchev–Trinajstić information content (AvgIpc) is 3.05. The molecule has 2 aromatic carbocycles. The number of allylic oxidation sites excluding steroid dienone is 1. The van der Waals surface area contributed by atoms with Crippen LogP contribution < -0.4 is 0 Å². The van der Waals surface area contributed by atoms with Crippen molar-refractivity contribution in [3.8, 4) is 6.07 Å². The normalized spacial score (nSPS) is 12.9. The highest BCUT2D eigenvalue weighted by Crippen LogP contribution is 2.25. The van der Waals surface area contributed by atoms with Gasteiger partial charge in [0.15, 0.2) is 11.6 Å². The van der Waals surface area contributed by atoms with Crippen LogP contribution in [0.1, 0.15) is 18.3 Å². The van der Waals surface area contributed by atoms with Gasteiger partial charge >= 0.3 is 5.97 Å². The fraction of sp³-hybridized carbons (Fsp3) is 0.227. The average molecular weight is 407 g/mol. The number of aliphatic hydroxyl groups excluding tert-OH is 1. The SMILES string of the molecule is Cc1ccc(S[C@@H](C)C(=O)OC/C(O)=C(\C#N)c2nc3ccccc3n2C)cc1. The third kappa shape index (κ3) is 4.61. The van der Waals surface area contributed by atoms with E-state index in [0.717, 1.165) is 16.0 Å². The quantitative estimate of drug-likeness (QED) is 0.282. The minimum absolute atomic E-state index is 0.0182. The van der Waals surface area contributed by atoms with Crippen LogP contribution in [-0.4, -0.2) is 32.5 Å². The third-order valence-corrected chi connectivity index (χ3v) is 5.52. The summed E-state index contributed by atoms with van der Waals surface area (Å²) in [6, 6.07) is 17.2. The standard InChI is InChI=1S/C22H21N3O3S/c1-14-8-10-16(11-9-14)29-15(2)22(27)28-13-20(26)17(12-23)21-24-18-6-4-5-7-19(18)25(21)3/h4-11,15,26H,13H2,1-3H3/b20-17-/t15-/m0/s1. The lowest BCUT2D eigenvalue weighted by atomic mass is 10.2. The maximum atomic E-state index is 12.3. The molecule has 7 heteroatoms. The van der Waals surface area contributed by atoms with Gasteiger partial charge < -0.3 is 14.4 Å². The number of carbonyl (C=O) groups excluding carboxylic acids is 1. The zero-order chi connectivity index (χ0) is 21.0. The maximum Gasteiger partial charge on any atom is 0.319 e. The predicted octanol–water partition coefficient (Wildman–Crippen LogP) is 4.40. The van der Waals surface area contributed by atoms with Crippen molar-refractivity contribution in [2.75, 3.05) is 6.61 Å². The van der Waals surface area contributed by atoms with E-state index in [4.69, 9.17) is 4.74 Å². The summed E-state index contributed by atoms with van der Waals surface area (Å²) in [5.74, 6) is -0.472. The summed E-state index contributed by atoms with van der Waals surface area (Å²) in [4.78, 5) is 17.7. The Morgan fingerprint density at radius 2 is 1.97 bits per heavy atom. The number of fused-ring (bicyclic) bond motifs is 1. The molecule has 0 fully saturated rings. The maximum absolute atomic E-state index is 12.3. The van der Waals surface area contributed by atoms with Crippen LogP contribution >= 0.6 is 11.8 Å². The molecule has 0 spiro atoms. The smallest absolute Gasteiger partial charge is 0.319 e. The number of thioether (sulfide) groups is 1. The number of hydrogen-bond acceptors (Lipinski definition) is 6. The molecule has 0 amide bonds. The van der Waals surface area contributed by atoms with Gasteiger partial charge in [0.05, 0.1) is 11.0 Å². The number of imidazole rings is 1. The fourth-order valence-electron chi connectivity index (χ4n) is 2.81. The van der Waals surface area contributed by atoms with Crippen LogP contribution in [0.2, 0.25) is 0 Å². The molecule has 0 unspecified atom stereocenters. The van der Waals surface area contributed by atoms with Gasteiger partial charge in [0.1, 0.15) is 23.5 Å². The van der Waals surface area contributed by atoms with E-state index in [1.807, 2.05) is 61.5 Å². The highest BCUT2D eigenvalue weighted by Gasteiger charge is 2.20. The van der Waals surface area contributed by atoms with Crippen molar-refractivity contribution < 1.29 is 14.6 Å². The van der Waals surface area contributed by atoms with Crippen molar-refractivity contribution >= 4 is 34.3 Å². The van der Waals surface area contributed by atoms with Gasteiger partial charge in [0, 0.05) is 11.9 Å². The van der Waals surface area contributed by atoms with Crippen molar-refractivity contribution in [3.63, 3.8) is 0 Å². The van der Waals surface area contributed by atoms with Crippen LogP contribution in [0.25, 0.3) is 16.6 Å². The third-order valence-electron chi connectivity index (χ3n) is 4.43. The zero-order valence-electron chi connectivity index (χ0n) is 16.4. The molecule has 0 aliphatic heterocycles. The van der Waals surface area contributed by atoms with Gasteiger partial charge in [0.2, 0.25) is 0 Å². The minimum Gasteiger partial charge on any atom is -0.507 e. The van der Waals surface area contributed by atoms with E-state index in [9.17, 15) is 15.2 Å².